The van der Waals surface area contributed by atoms with Crippen LogP contribution >= 0.6 is 0 Å². The molecule has 0 radical (unpaired) electrons. The van der Waals surface area contributed by atoms with Crippen LogP contribution in [0, 0.1) is 5.92 Å². The first-order valence-corrected chi connectivity index (χ1v) is 6.52. The van der Waals surface area contributed by atoms with Crippen molar-refractivity contribution in [3.05, 3.63) is 0 Å². The lowest BCUT2D eigenvalue weighted by Gasteiger charge is -2.16. The zero-order valence-corrected chi connectivity index (χ0v) is 11.1. The predicted octanol–water partition coefficient (Wildman–Crippen LogP) is 2.98. The minimum atomic E-state index is 0.206. The Hall–Kier alpha value is -0.120. The average molecular weight is 230 g/mol. The van der Waals surface area contributed by atoms with Crippen molar-refractivity contribution >= 4 is 0 Å². The van der Waals surface area contributed by atoms with Crippen molar-refractivity contribution in [2.75, 3.05) is 13.4 Å². The molecule has 4 unspecified atom stereocenters. The highest BCUT2D eigenvalue weighted by Crippen LogP contribution is 2.24. The van der Waals surface area contributed by atoms with Crippen LogP contribution in [0.25, 0.3) is 0 Å². The summed E-state index contributed by atoms with van der Waals surface area (Å²) in [5.74, 6) is 0.615. The highest BCUT2D eigenvalue weighted by atomic mass is 16.7. The van der Waals surface area contributed by atoms with Crippen LogP contribution in [-0.4, -0.2) is 31.7 Å². The van der Waals surface area contributed by atoms with Gasteiger partial charge in [-0.25, -0.2) is 0 Å². The standard InChI is InChI=1S/C13H26O3/c1-5-10(3)8-14-9-15-13-7-12(6-2)16-11(13)4/h10-13H,5-9H2,1-4H3. The fourth-order valence-corrected chi connectivity index (χ4v) is 1.87. The van der Waals surface area contributed by atoms with Gasteiger partial charge in [0.2, 0.25) is 0 Å². The Labute approximate surface area is 99.5 Å². The van der Waals surface area contributed by atoms with Gasteiger partial charge in [0.15, 0.2) is 0 Å². The monoisotopic (exact) mass is 230 g/mol. The van der Waals surface area contributed by atoms with Crippen molar-refractivity contribution in [2.24, 2.45) is 5.92 Å². The van der Waals surface area contributed by atoms with Gasteiger partial charge in [-0.2, -0.15) is 0 Å². The summed E-state index contributed by atoms with van der Waals surface area (Å²) in [5, 5.41) is 0. The molecule has 0 spiro atoms. The van der Waals surface area contributed by atoms with Crippen molar-refractivity contribution in [3.63, 3.8) is 0 Å². The van der Waals surface area contributed by atoms with E-state index in [0.717, 1.165) is 25.9 Å². The number of ether oxygens (including phenoxy) is 3. The van der Waals surface area contributed by atoms with E-state index in [2.05, 4.69) is 27.7 Å². The predicted molar refractivity (Wildman–Crippen MR) is 64.4 cm³/mol. The maximum absolute atomic E-state index is 5.74. The van der Waals surface area contributed by atoms with Gasteiger partial charge in [-0.1, -0.05) is 27.2 Å². The summed E-state index contributed by atoms with van der Waals surface area (Å²) in [4.78, 5) is 0. The van der Waals surface area contributed by atoms with Gasteiger partial charge in [0.05, 0.1) is 24.9 Å². The van der Waals surface area contributed by atoms with Crippen LogP contribution in [0.2, 0.25) is 0 Å². The maximum atomic E-state index is 5.74. The van der Waals surface area contributed by atoms with Gasteiger partial charge in [0.1, 0.15) is 6.79 Å². The van der Waals surface area contributed by atoms with Crippen LogP contribution < -0.4 is 0 Å². The number of hydrogen-bond acceptors (Lipinski definition) is 3. The van der Waals surface area contributed by atoms with Gasteiger partial charge in [0.25, 0.3) is 0 Å². The lowest BCUT2D eigenvalue weighted by Crippen LogP contribution is -2.23. The zero-order valence-electron chi connectivity index (χ0n) is 11.1. The van der Waals surface area contributed by atoms with Gasteiger partial charge in [-0.3, -0.25) is 0 Å². The molecule has 16 heavy (non-hydrogen) atoms. The molecule has 0 aliphatic carbocycles. The first-order chi connectivity index (χ1) is 7.67. The molecule has 0 bridgehead atoms. The highest BCUT2D eigenvalue weighted by molar-refractivity contribution is 4.79. The van der Waals surface area contributed by atoms with E-state index in [4.69, 9.17) is 14.2 Å². The van der Waals surface area contributed by atoms with E-state index in [9.17, 15) is 0 Å². The summed E-state index contributed by atoms with van der Waals surface area (Å²) in [5.41, 5.74) is 0. The second kappa shape index (κ2) is 7.25. The van der Waals surface area contributed by atoms with E-state index in [1.54, 1.807) is 0 Å². The molecule has 3 nitrogen and oxygen atoms in total. The molecule has 4 atom stereocenters. The smallest absolute Gasteiger partial charge is 0.147 e. The Bertz CT molecular complexity index is 184. The van der Waals surface area contributed by atoms with Gasteiger partial charge >= 0.3 is 0 Å². The number of rotatable bonds is 7. The summed E-state index contributed by atoms with van der Waals surface area (Å²) in [6.07, 6.45) is 4.01. The largest absolute Gasteiger partial charge is 0.372 e. The minimum Gasteiger partial charge on any atom is -0.372 e. The summed E-state index contributed by atoms with van der Waals surface area (Å²) in [7, 11) is 0. The Balaban J connectivity index is 2.09. The Morgan fingerprint density at radius 3 is 2.69 bits per heavy atom. The maximum Gasteiger partial charge on any atom is 0.147 e. The topological polar surface area (TPSA) is 27.7 Å². The van der Waals surface area contributed by atoms with Gasteiger partial charge in [-0.15, -0.1) is 0 Å². The molecule has 96 valence electrons. The van der Waals surface area contributed by atoms with Crippen LogP contribution in [0.15, 0.2) is 0 Å². The van der Waals surface area contributed by atoms with Crippen molar-refractivity contribution in [1.29, 1.82) is 0 Å². The summed E-state index contributed by atoms with van der Waals surface area (Å²) < 4.78 is 16.9. The van der Waals surface area contributed by atoms with Crippen LogP contribution in [0.4, 0.5) is 0 Å². The van der Waals surface area contributed by atoms with E-state index < -0.39 is 0 Å². The Morgan fingerprint density at radius 1 is 1.38 bits per heavy atom. The van der Waals surface area contributed by atoms with E-state index in [-0.39, 0.29) is 12.2 Å². The van der Waals surface area contributed by atoms with E-state index in [1.165, 1.54) is 0 Å². The molecule has 1 rings (SSSR count). The van der Waals surface area contributed by atoms with E-state index >= 15 is 0 Å². The molecule has 0 amide bonds. The Kier molecular flexibility index (Phi) is 6.32. The average Bonchev–Trinajstić information content (AvgIpc) is 2.65. The third-order valence-electron chi connectivity index (χ3n) is 3.35. The fraction of sp³-hybridized carbons (Fsp3) is 1.00. The molecule has 0 saturated carbocycles. The minimum absolute atomic E-state index is 0.206. The SMILES string of the molecule is CCC(C)COCOC1CC(CC)OC1C. The second-order valence-corrected chi connectivity index (χ2v) is 4.81. The quantitative estimate of drug-likeness (QED) is 0.497. The molecular weight excluding hydrogens is 204 g/mol. The second-order valence-electron chi connectivity index (χ2n) is 4.81. The lowest BCUT2D eigenvalue weighted by molar-refractivity contribution is -0.111. The van der Waals surface area contributed by atoms with Gasteiger partial charge in [-0.05, 0) is 19.3 Å². The normalized spacial score (nSPS) is 31.9. The summed E-state index contributed by atoms with van der Waals surface area (Å²) in [6.45, 7) is 9.78. The lowest BCUT2D eigenvalue weighted by atomic mass is 10.1. The summed E-state index contributed by atoms with van der Waals surface area (Å²) >= 11 is 0. The molecule has 0 aromatic carbocycles. The third kappa shape index (κ3) is 4.40. The molecule has 0 N–H and O–H groups in total. The van der Waals surface area contributed by atoms with E-state index in [0.29, 0.717) is 18.8 Å². The molecule has 1 fully saturated rings. The first kappa shape index (κ1) is 13.9. The van der Waals surface area contributed by atoms with Crippen LogP contribution in [0.3, 0.4) is 0 Å². The third-order valence-corrected chi connectivity index (χ3v) is 3.35. The van der Waals surface area contributed by atoms with Gasteiger partial charge < -0.3 is 14.2 Å². The zero-order chi connectivity index (χ0) is 12.0. The first-order valence-electron chi connectivity index (χ1n) is 6.52. The van der Waals surface area contributed by atoms with Crippen molar-refractivity contribution in [2.45, 2.75) is 65.3 Å². The van der Waals surface area contributed by atoms with Crippen LogP contribution in [-0.2, 0) is 14.2 Å². The van der Waals surface area contributed by atoms with E-state index in [1.807, 2.05) is 0 Å². The Morgan fingerprint density at radius 2 is 2.12 bits per heavy atom. The molecule has 0 aromatic rings. The van der Waals surface area contributed by atoms with Crippen LogP contribution in [0.5, 0.6) is 0 Å². The molecule has 1 saturated heterocycles. The molecule has 1 aliphatic rings. The molecule has 3 heteroatoms. The summed E-state index contributed by atoms with van der Waals surface area (Å²) in [6, 6.07) is 0. The van der Waals surface area contributed by atoms with Gasteiger partial charge in [0, 0.05) is 6.42 Å². The van der Waals surface area contributed by atoms with Crippen molar-refractivity contribution in [1.82, 2.24) is 0 Å². The molecule has 1 heterocycles. The fourth-order valence-electron chi connectivity index (χ4n) is 1.87. The molecule has 0 aromatic heterocycles. The highest BCUT2D eigenvalue weighted by Gasteiger charge is 2.31. The molecule has 1 aliphatic heterocycles. The van der Waals surface area contributed by atoms with Crippen LogP contribution in [0.1, 0.15) is 47.0 Å². The van der Waals surface area contributed by atoms with Crippen molar-refractivity contribution in [3.8, 4) is 0 Å². The number of hydrogen-bond donors (Lipinski definition) is 0. The molecular formula is C13H26O3. The van der Waals surface area contributed by atoms with Crippen molar-refractivity contribution < 1.29 is 14.2 Å².